The summed E-state index contributed by atoms with van der Waals surface area (Å²) in [6.45, 7) is 6.03. The molecule has 3 rings (SSSR count). The van der Waals surface area contributed by atoms with Crippen LogP contribution in [-0.4, -0.2) is 57.1 Å². The summed E-state index contributed by atoms with van der Waals surface area (Å²) in [7, 11) is -3.37. The highest BCUT2D eigenvalue weighted by molar-refractivity contribution is 7.90. The van der Waals surface area contributed by atoms with Crippen LogP contribution in [0.2, 0.25) is 0 Å². The van der Waals surface area contributed by atoms with Crippen molar-refractivity contribution >= 4 is 27.3 Å². The largest absolute Gasteiger partial charge is 0.390 e. The Bertz CT molecular complexity index is 903. The van der Waals surface area contributed by atoms with E-state index in [1.165, 1.54) is 13.0 Å². The number of benzene rings is 1. The number of rotatable bonds is 7. The molecule has 160 valence electrons. The van der Waals surface area contributed by atoms with Gasteiger partial charge in [-0.05, 0) is 32.4 Å². The van der Waals surface area contributed by atoms with E-state index in [0.717, 1.165) is 6.42 Å². The molecule has 2 atom stereocenters. The molecule has 1 aromatic rings. The van der Waals surface area contributed by atoms with Crippen LogP contribution < -0.4 is 14.9 Å². The van der Waals surface area contributed by atoms with E-state index in [2.05, 4.69) is 15.2 Å². The summed E-state index contributed by atoms with van der Waals surface area (Å²) in [6, 6.07) is 4.93. The molecule has 1 amide bonds. The number of carbonyl (C=O) groups is 1. The Morgan fingerprint density at radius 1 is 1.41 bits per heavy atom. The first kappa shape index (κ1) is 21.5. The van der Waals surface area contributed by atoms with E-state index in [-0.39, 0.29) is 24.3 Å². The van der Waals surface area contributed by atoms with Crippen molar-refractivity contribution in [2.24, 2.45) is 5.16 Å². The number of amides is 1. The second kappa shape index (κ2) is 8.66. The molecule has 8 nitrogen and oxygen atoms in total. The predicted octanol–water partition coefficient (Wildman–Crippen LogP) is 1.36. The molecule has 2 N–H and O–H groups in total. The molecule has 2 heterocycles. The fourth-order valence-corrected chi connectivity index (χ4v) is 4.16. The van der Waals surface area contributed by atoms with Gasteiger partial charge in [-0.25, -0.2) is 17.5 Å². The van der Waals surface area contributed by atoms with Gasteiger partial charge in [0.15, 0.2) is 0 Å². The molecular weight excluding hydrogens is 399 g/mol. The summed E-state index contributed by atoms with van der Waals surface area (Å²) >= 11 is 0. The third-order valence-corrected chi connectivity index (χ3v) is 6.89. The van der Waals surface area contributed by atoms with Crippen molar-refractivity contribution in [3.05, 3.63) is 29.6 Å². The van der Waals surface area contributed by atoms with Crippen molar-refractivity contribution < 1.29 is 22.4 Å². The Kier molecular flexibility index (Phi) is 6.42. The first-order valence-electron chi connectivity index (χ1n) is 9.69. The van der Waals surface area contributed by atoms with Crippen LogP contribution in [0.15, 0.2) is 23.4 Å². The molecule has 2 aliphatic heterocycles. The average molecular weight is 427 g/mol. The van der Waals surface area contributed by atoms with Crippen LogP contribution in [0, 0.1) is 5.82 Å². The highest BCUT2D eigenvalue weighted by Crippen LogP contribution is 2.26. The van der Waals surface area contributed by atoms with Crippen LogP contribution in [0.3, 0.4) is 0 Å². The Morgan fingerprint density at radius 2 is 2.17 bits per heavy atom. The standard InChI is InChI=1S/C19H27FN4O4S/c1-12(2)29(26,27)21-10-16-9-18(23-28-16)14-4-5-19(17(20)8-14)24-7-6-15(11-24)22-13(3)25/h4-5,8,12,15-16,21H,6-7,9-11H2,1-3H3,(H,22,25)/t15-,16-/m0/s1. The quantitative estimate of drug-likeness (QED) is 0.686. The minimum absolute atomic E-state index is 0.0227. The van der Waals surface area contributed by atoms with Gasteiger partial charge in [-0.15, -0.1) is 0 Å². The number of anilines is 1. The molecule has 0 saturated carbocycles. The van der Waals surface area contributed by atoms with Gasteiger partial charge in [0.2, 0.25) is 15.9 Å². The molecule has 0 unspecified atom stereocenters. The van der Waals surface area contributed by atoms with Crippen molar-refractivity contribution in [2.75, 3.05) is 24.5 Å². The van der Waals surface area contributed by atoms with Crippen LogP contribution in [0.1, 0.15) is 39.2 Å². The second-order valence-corrected chi connectivity index (χ2v) is 10.0. The lowest BCUT2D eigenvalue weighted by atomic mass is 10.0. The lowest BCUT2D eigenvalue weighted by Gasteiger charge is -2.20. The molecule has 2 aliphatic rings. The number of sulfonamides is 1. The summed E-state index contributed by atoms with van der Waals surface area (Å²) in [6.07, 6.45) is 0.751. The van der Waals surface area contributed by atoms with Crippen LogP contribution in [0.25, 0.3) is 0 Å². The molecule has 0 aromatic heterocycles. The molecule has 0 spiro atoms. The summed E-state index contributed by atoms with van der Waals surface area (Å²) in [5.41, 5.74) is 1.68. The lowest BCUT2D eigenvalue weighted by Crippen LogP contribution is -2.36. The molecule has 29 heavy (non-hydrogen) atoms. The number of carbonyl (C=O) groups excluding carboxylic acids is 1. The van der Waals surface area contributed by atoms with Crippen molar-refractivity contribution in [1.29, 1.82) is 0 Å². The molecule has 1 aromatic carbocycles. The zero-order chi connectivity index (χ0) is 21.2. The van der Waals surface area contributed by atoms with E-state index in [0.29, 0.717) is 36.5 Å². The molecular formula is C19H27FN4O4S. The molecule has 1 fully saturated rings. The topological polar surface area (TPSA) is 100 Å². The normalized spacial score (nSPS) is 22.0. The monoisotopic (exact) mass is 426 g/mol. The van der Waals surface area contributed by atoms with E-state index in [1.54, 1.807) is 26.0 Å². The summed E-state index contributed by atoms with van der Waals surface area (Å²) in [5.74, 6) is -0.449. The van der Waals surface area contributed by atoms with Gasteiger partial charge in [-0.1, -0.05) is 11.2 Å². The van der Waals surface area contributed by atoms with Crippen LogP contribution in [0.4, 0.5) is 10.1 Å². The van der Waals surface area contributed by atoms with Crippen LogP contribution in [0.5, 0.6) is 0 Å². The fraction of sp³-hybridized carbons (Fsp3) is 0.579. The first-order chi connectivity index (χ1) is 13.7. The van der Waals surface area contributed by atoms with Crippen molar-refractivity contribution in [3.63, 3.8) is 0 Å². The molecule has 10 heteroatoms. The van der Waals surface area contributed by atoms with Gasteiger partial charge in [0.25, 0.3) is 0 Å². The Morgan fingerprint density at radius 3 is 2.83 bits per heavy atom. The minimum Gasteiger partial charge on any atom is -0.390 e. The fourth-order valence-electron chi connectivity index (χ4n) is 3.41. The van der Waals surface area contributed by atoms with Gasteiger partial charge in [-0.2, -0.15) is 0 Å². The number of hydrogen-bond acceptors (Lipinski definition) is 6. The molecule has 0 radical (unpaired) electrons. The SMILES string of the molecule is CC(=O)N[C@H]1CCN(c2ccc(C3=NO[C@H](CNS(=O)(=O)C(C)C)C3)cc2F)C1. The van der Waals surface area contributed by atoms with Gasteiger partial charge >= 0.3 is 0 Å². The van der Waals surface area contributed by atoms with Gasteiger partial charge in [0.05, 0.1) is 23.2 Å². The zero-order valence-corrected chi connectivity index (χ0v) is 17.6. The van der Waals surface area contributed by atoms with Gasteiger partial charge < -0.3 is 15.1 Å². The maximum atomic E-state index is 14.7. The van der Waals surface area contributed by atoms with Crippen LogP contribution >= 0.6 is 0 Å². The van der Waals surface area contributed by atoms with Gasteiger partial charge in [0, 0.05) is 38.0 Å². The van der Waals surface area contributed by atoms with E-state index in [4.69, 9.17) is 4.84 Å². The zero-order valence-electron chi connectivity index (χ0n) is 16.8. The van der Waals surface area contributed by atoms with Crippen LogP contribution in [-0.2, 0) is 19.7 Å². The van der Waals surface area contributed by atoms with E-state index < -0.39 is 21.4 Å². The van der Waals surface area contributed by atoms with E-state index in [1.807, 2.05) is 4.90 Å². The number of nitrogens with one attached hydrogen (secondary N) is 2. The number of hydrogen-bond donors (Lipinski definition) is 2. The van der Waals surface area contributed by atoms with Crippen molar-refractivity contribution in [2.45, 2.75) is 51.0 Å². The molecule has 0 aliphatic carbocycles. The maximum Gasteiger partial charge on any atom is 0.217 e. The third-order valence-electron chi connectivity index (χ3n) is 5.08. The summed E-state index contributed by atoms with van der Waals surface area (Å²) in [5, 5.41) is 6.34. The minimum atomic E-state index is -3.37. The van der Waals surface area contributed by atoms with E-state index in [9.17, 15) is 17.6 Å². The Hall–Kier alpha value is -2.20. The van der Waals surface area contributed by atoms with Gasteiger partial charge in [0.1, 0.15) is 11.9 Å². The van der Waals surface area contributed by atoms with Crippen molar-refractivity contribution in [3.8, 4) is 0 Å². The van der Waals surface area contributed by atoms with Crippen molar-refractivity contribution in [1.82, 2.24) is 10.0 Å². The summed E-state index contributed by atoms with van der Waals surface area (Å²) < 4.78 is 40.9. The van der Waals surface area contributed by atoms with E-state index >= 15 is 0 Å². The molecule has 1 saturated heterocycles. The maximum absolute atomic E-state index is 14.7. The smallest absolute Gasteiger partial charge is 0.217 e. The lowest BCUT2D eigenvalue weighted by molar-refractivity contribution is -0.119. The number of nitrogens with zero attached hydrogens (tertiary/aromatic N) is 2. The third kappa shape index (κ3) is 5.24. The highest BCUT2D eigenvalue weighted by Gasteiger charge is 2.28. The van der Waals surface area contributed by atoms with Gasteiger partial charge in [-0.3, -0.25) is 4.79 Å². The average Bonchev–Trinajstić information content (AvgIpc) is 3.29. The predicted molar refractivity (Wildman–Crippen MR) is 109 cm³/mol. The first-order valence-corrected chi connectivity index (χ1v) is 11.2. The number of oxime groups is 1. The summed E-state index contributed by atoms with van der Waals surface area (Å²) in [4.78, 5) is 18.4. The Labute approximate surface area is 170 Å². The highest BCUT2D eigenvalue weighted by atomic mass is 32.2. The second-order valence-electron chi connectivity index (χ2n) is 7.71. The molecule has 0 bridgehead atoms. The number of halogens is 1. The Balaban J connectivity index is 1.59.